The van der Waals surface area contributed by atoms with Crippen LogP contribution in [-0.4, -0.2) is 32.4 Å². The van der Waals surface area contributed by atoms with E-state index >= 15 is 0 Å². The lowest BCUT2D eigenvalue weighted by Gasteiger charge is -2.55. The molecule has 0 heterocycles. The molecule has 0 amide bonds. The average molecular weight is 258 g/mol. The number of carbonyl (C=O) groups is 1. The smallest absolute Gasteiger partial charge is 0.185 e. The van der Waals surface area contributed by atoms with E-state index in [9.17, 15) is 4.79 Å². The van der Waals surface area contributed by atoms with Crippen LogP contribution in [0.3, 0.4) is 0 Å². The van der Waals surface area contributed by atoms with Gasteiger partial charge in [0.2, 0.25) is 0 Å². The van der Waals surface area contributed by atoms with Crippen molar-refractivity contribution in [3.05, 3.63) is 0 Å². The molecular formula is C13H26O3Si. The van der Waals surface area contributed by atoms with Crippen LogP contribution in [0.5, 0.6) is 0 Å². The van der Waals surface area contributed by atoms with E-state index in [2.05, 4.69) is 33.5 Å². The summed E-state index contributed by atoms with van der Waals surface area (Å²) >= 11 is 0. The highest BCUT2D eigenvalue weighted by Crippen LogP contribution is 2.48. The van der Waals surface area contributed by atoms with Crippen molar-refractivity contribution in [2.45, 2.75) is 70.4 Å². The molecule has 3 nitrogen and oxygen atoms in total. The molecule has 1 rings (SSSR count). The summed E-state index contributed by atoms with van der Waals surface area (Å²) in [6.07, 6.45) is 3.08. The van der Waals surface area contributed by atoms with Gasteiger partial charge in [-0.3, -0.25) is 4.79 Å². The first-order chi connectivity index (χ1) is 7.77. The number of ether oxygens (including phenoxy) is 1. The van der Waals surface area contributed by atoms with E-state index in [4.69, 9.17) is 9.16 Å². The quantitative estimate of drug-likeness (QED) is 0.687. The maximum atomic E-state index is 12.2. The minimum atomic E-state index is -1.76. The number of rotatable bonds is 6. The molecule has 17 heavy (non-hydrogen) atoms. The van der Waals surface area contributed by atoms with Gasteiger partial charge in [-0.25, -0.2) is 0 Å². The molecule has 1 fully saturated rings. The zero-order chi connectivity index (χ0) is 13.3. The number of hydrogen-bond donors (Lipinski definition) is 0. The fraction of sp³-hybridized carbons (Fsp3) is 0.923. The summed E-state index contributed by atoms with van der Waals surface area (Å²) in [6.45, 7) is 10.5. The van der Waals surface area contributed by atoms with Gasteiger partial charge >= 0.3 is 0 Å². The molecule has 1 aliphatic rings. The van der Waals surface area contributed by atoms with Crippen molar-refractivity contribution in [2.24, 2.45) is 0 Å². The van der Waals surface area contributed by atoms with Gasteiger partial charge in [-0.15, -0.1) is 0 Å². The second-order valence-electron chi connectivity index (χ2n) is 5.87. The number of Topliss-reactive ketones (excluding diaryl/α,β-unsaturated/α-hetero) is 1. The molecular weight excluding hydrogens is 232 g/mol. The molecule has 0 aromatic carbocycles. The summed E-state index contributed by atoms with van der Waals surface area (Å²) < 4.78 is 12.0. The Morgan fingerprint density at radius 1 is 1.29 bits per heavy atom. The molecule has 1 unspecified atom stereocenters. The van der Waals surface area contributed by atoms with Crippen LogP contribution in [0, 0.1) is 0 Å². The van der Waals surface area contributed by atoms with Crippen molar-refractivity contribution in [1.29, 1.82) is 0 Å². The third-order valence-electron chi connectivity index (χ3n) is 3.90. The second-order valence-corrected chi connectivity index (χ2v) is 10.3. The molecule has 0 N–H and O–H groups in total. The van der Waals surface area contributed by atoms with Crippen molar-refractivity contribution in [2.75, 3.05) is 7.11 Å². The lowest BCUT2D eigenvalue weighted by Crippen LogP contribution is -2.69. The van der Waals surface area contributed by atoms with Gasteiger partial charge in [0.25, 0.3) is 0 Å². The largest absolute Gasteiger partial charge is 0.403 e. The maximum Gasteiger partial charge on any atom is 0.185 e. The molecule has 1 saturated carbocycles. The van der Waals surface area contributed by atoms with E-state index in [1.807, 2.05) is 0 Å². The zero-order valence-corrected chi connectivity index (χ0v) is 13.1. The SMILES string of the molecule is CCC(CC)(OC)C1(O[Si](C)(C)C)CCC1=O. The van der Waals surface area contributed by atoms with Gasteiger partial charge in [0.15, 0.2) is 14.1 Å². The molecule has 0 spiro atoms. The Morgan fingerprint density at radius 3 is 2.00 bits per heavy atom. The van der Waals surface area contributed by atoms with Crippen LogP contribution in [0.2, 0.25) is 19.6 Å². The number of ketones is 1. The number of carbonyl (C=O) groups excluding carboxylic acids is 1. The molecule has 100 valence electrons. The molecule has 4 heteroatoms. The molecule has 1 atom stereocenters. The Kier molecular flexibility index (Phi) is 4.22. The first-order valence-corrected chi connectivity index (χ1v) is 9.96. The van der Waals surface area contributed by atoms with Crippen LogP contribution < -0.4 is 0 Å². The van der Waals surface area contributed by atoms with Crippen molar-refractivity contribution in [1.82, 2.24) is 0 Å². The Bertz CT molecular complexity index is 283. The highest BCUT2D eigenvalue weighted by Gasteiger charge is 2.62. The summed E-state index contributed by atoms with van der Waals surface area (Å²) in [6, 6.07) is 0. The van der Waals surface area contributed by atoms with Crippen LogP contribution in [0.4, 0.5) is 0 Å². The summed E-state index contributed by atoms with van der Waals surface area (Å²) in [5.41, 5.74) is -1.11. The minimum Gasteiger partial charge on any atom is -0.403 e. The topological polar surface area (TPSA) is 35.5 Å². The van der Waals surface area contributed by atoms with Gasteiger partial charge in [0, 0.05) is 13.5 Å². The Balaban J connectivity index is 3.11. The van der Waals surface area contributed by atoms with E-state index in [0.29, 0.717) is 6.42 Å². The molecule has 1 aliphatic carbocycles. The summed E-state index contributed by atoms with van der Waals surface area (Å²) in [5.74, 6) is 0.227. The van der Waals surface area contributed by atoms with Gasteiger partial charge in [-0.1, -0.05) is 13.8 Å². The highest BCUT2D eigenvalue weighted by atomic mass is 28.4. The molecule has 0 aromatic rings. The second kappa shape index (κ2) is 4.82. The fourth-order valence-electron chi connectivity index (χ4n) is 2.93. The van der Waals surface area contributed by atoms with Crippen LogP contribution in [0.1, 0.15) is 39.5 Å². The van der Waals surface area contributed by atoms with Crippen molar-refractivity contribution in [3.63, 3.8) is 0 Å². The minimum absolute atomic E-state index is 0.227. The lowest BCUT2D eigenvalue weighted by atomic mass is 9.65. The molecule has 0 bridgehead atoms. The van der Waals surface area contributed by atoms with E-state index in [1.165, 1.54) is 0 Å². The predicted octanol–water partition coefficient (Wildman–Crippen LogP) is 3.14. The zero-order valence-electron chi connectivity index (χ0n) is 12.1. The molecule has 0 radical (unpaired) electrons. The fourth-order valence-corrected chi connectivity index (χ4v) is 4.38. The van der Waals surface area contributed by atoms with E-state index in [-0.39, 0.29) is 5.78 Å². The standard InChI is InChI=1S/C13H26O3Si/c1-7-12(8-2,15-3)13(10-9-11(13)14)16-17(4,5)6/h7-10H2,1-6H3. The van der Waals surface area contributed by atoms with E-state index in [1.54, 1.807) is 7.11 Å². The monoisotopic (exact) mass is 258 g/mol. The first-order valence-electron chi connectivity index (χ1n) is 6.55. The molecule has 0 saturated heterocycles. The van der Waals surface area contributed by atoms with Crippen LogP contribution in [-0.2, 0) is 14.0 Å². The lowest BCUT2D eigenvalue weighted by molar-refractivity contribution is -0.198. The van der Waals surface area contributed by atoms with Crippen LogP contribution >= 0.6 is 0 Å². The van der Waals surface area contributed by atoms with Crippen molar-refractivity contribution >= 4 is 14.1 Å². The van der Waals surface area contributed by atoms with Crippen molar-refractivity contribution in [3.8, 4) is 0 Å². The predicted molar refractivity (Wildman–Crippen MR) is 71.7 cm³/mol. The van der Waals surface area contributed by atoms with E-state index in [0.717, 1.165) is 19.3 Å². The maximum absolute atomic E-state index is 12.2. The van der Waals surface area contributed by atoms with Gasteiger partial charge in [0.05, 0.1) is 0 Å². The van der Waals surface area contributed by atoms with Gasteiger partial charge < -0.3 is 9.16 Å². The van der Waals surface area contributed by atoms with Gasteiger partial charge in [-0.05, 0) is 38.9 Å². The number of methoxy groups -OCH3 is 1. The Morgan fingerprint density at radius 2 is 1.82 bits per heavy atom. The van der Waals surface area contributed by atoms with Crippen LogP contribution in [0.25, 0.3) is 0 Å². The Hall–Kier alpha value is -0.193. The Labute approximate surface area is 106 Å². The van der Waals surface area contributed by atoms with Gasteiger partial charge in [0.1, 0.15) is 11.2 Å². The normalized spacial score (nSPS) is 25.9. The summed E-state index contributed by atoms with van der Waals surface area (Å²) in [4.78, 5) is 12.2. The molecule has 0 aromatic heterocycles. The average Bonchev–Trinajstić information content (AvgIpc) is 2.27. The highest BCUT2D eigenvalue weighted by molar-refractivity contribution is 6.70. The summed E-state index contributed by atoms with van der Waals surface area (Å²) in [7, 11) is -0.0613. The number of hydrogen-bond acceptors (Lipinski definition) is 3. The summed E-state index contributed by atoms with van der Waals surface area (Å²) in [5, 5.41) is 0. The molecule has 0 aliphatic heterocycles. The van der Waals surface area contributed by atoms with Crippen molar-refractivity contribution < 1.29 is 14.0 Å². The third-order valence-corrected chi connectivity index (χ3v) is 4.86. The third kappa shape index (κ3) is 2.35. The van der Waals surface area contributed by atoms with E-state index < -0.39 is 19.5 Å². The van der Waals surface area contributed by atoms with Crippen LogP contribution in [0.15, 0.2) is 0 Å². The first kappa shape index (κ1) is 14.9. The van der Waals surface area contributed by atoms with Gasteiger partial charge in [-0.2, -0.15) is 0 Å².